The second-order valence-electron chi connectivity index (χ2n) is 8.96. The third-order valence-corrected chi connectivity index (χ3v) is 8.10. The summed E-state index contributed by atoms with van der Waals surface area (Å²) >= 11 is 1.17. The van der Waals surface area contributed by atoms with Gasteiger partial charge in [0.25, 0.3) is 5.56 Å². The summed E-state index contributed by atoms with van der Waals surface area (Å²) in [7, 11) is 1.28. The maximum Gasteiger partial charge on any atom is 0.260 e. The summed E-state index contributed by atoms with van der Waals surface area (Å²) in [5, 5.41) is 3.45. The van der Waals surface area contributed by atoms with Crippen LogP contribution < -0.4 is 10.3 Å². The average molecular weight is 556 g/mol. The zero-order chi connectivity index (χ0) is 27.8. The first-order valence-electron chi connectivity index (χ1n) is 11.9. The molecule has 200 valence electrons. The van der Waals surface area contributed by atoms with Crippen LogP contribution in [0.1, 0.15) is 34.5 Å². The molecule has 2 atom stereocenters. The minimum atomic E-state index is -1.39. The minimum absolute atomic E-state index is 0.0689. The van der Waals surface area contributed by atoms with Crippen LogP contribution in [0.15, 0.2) is 69.7 Å². The van der Waals surface area contributed by atoms with E-state index >= 15 is 4.39 Å². The van der Waals surface area contributed by atoms with E-state index in [0.29, 0.717) is 16.2 Å². The molecule has 0 spiro atoms. The predicted molar refractivity (Wildman–Crippen MR) is 139 cm³/mol. The molecule has 0 saturated carbocycles. The number of halogens is 4. The third kappa shape index (κ3) is 4.50. The fourth-order valence-corrected chi connectivity index (χ4v) is 6.36. The molecule has 3 heterocycles. The summed E-state index contributed by atoms with van der Waals surface area (Å²) < 4.78 is 65.9. The lowest BCUT2D eigenvalue weighted by atomic mass is 9.93. The first-order chi connectivity index (χ1) is 18.8. The number of hydrogen-bond acceptors (Lipinski definition) is 6. The van der Waals surface area contributed by atoms with Crippen LogP contribution >= 0.6 is 11.8 Å². The first-order valence-corrected chi connectivity index (χ1v) is 12.9. The smallest absolute Gasteiger partial charge is 0.260 e. The van der Waals surface area contributed by atoms with Crippen molar-refractivity contribution in [3.63, 3.8) is 0 Å². The van der Waals surface area contributed by atoms with Gasteiger partial charge >= 0.3 is 0 Å². The monoisotopic (exact) mass is 555 g/mol. The van der Waals surface area contributed by atoms with Crippen LogP contribution in [-0.4, -0.2) is 22.4 Å². The topological polar surface area (TPSA) is 73.6 Å². The maximum atomic E-state index is 15.5. The lowest BCUT2D eigenvalue weighted by Gasteiger charge is -2.23. The highest BCUT2D eigenvalue weighted by molar-refractivity contribution is 7.99. The molecule has 0 radical (unpaired) electrons. The Labute approximate surface area is 224 Å². The third-order valence-electron chi connectivity index (χ3n) is 6.87. The van der Waals surface area contributed by atoms with Gasteiger partial charge in [-0.15, -0.1) is 11.8 Å². The Balaban J connectivity index is 1.80. The summed E-state index contributed by atoms with van der Waals surface area (Å²) in [6.07, 6.45) is 1.05. The van der Waals surface area contributed by atoms with E-state index in [9.17, 15) is 22.9 Å². The molecule has 5 rings (SSSR count). The molecule has 1 aliphatic rings. The molecule has 6 nitrogen and oxygen atoms in total. The zero-order valence-corrected chi connectivity index (χ0v) is 21.6. The summed E-state index contributed by atoms with van der Waals surface area (Å²) in [6.45, 7) is 1.58. The van der Waals surface area contributed by atoms with Crippen molar-refractivity contribution in [2.24, 2.45) is 5.18 Å². The van der Waals surface area contributed by atoms with Gasteiger partial charge in [0.15, 0.2) is 17.6 Å². The van der Waals surface area contributed by atoms with E-state index < -0.39 is 40.9 Å². The predicted octanol–water partition coefficient (Wildman–Crippen LogP) is 6.53. The normalized spacial score (nSPS) is 15.2. The molecule has 2 aromatic carbocycles. The average Bonchev–Trinajstić information content (AvgIpc) is 3.35. The fourth-order valence-electron chi connectivity index (χ4n) is 4.94. The van der Waals surface area contributed by atoms with E-state index in [1.54, 1.807) is 6.92 Å². The molecule has 39 heavy (non-hydrogen) atoms. The zero-order valence-electron chi connectivity index (χ0n) is 20.8. The number of nitroso groups, excluding NO2 is 1. The van der Waals surface area contributed by atoms with Crippen molar-refractivity contribution in [1.29, 1.82) is 0 Å². The summed E-state index contributed by atoms with van der Waals surface area (Å²) in [5.74, 6) is -3.11. The molecule has 0 N–H and O–H groups in total. The summed E-state index contributed by atoms with van der Waals surface area (Å²) in [4.78, 5) is 30.1. The molecule has 2 unspecified atom stereocenters. The number of ether oxygens (including phenoxy) is 1. The van der Waals surface area contributed by atoms with Crippen molar-refractivity contribution in [2.75, 3.05) is 12.9 Å². The Morgan fingerprint density at radius 2 is 1.74 bits per heavy atom. The molecule has 0 fully saturated rings. The number of methoxy groups -OCH3 is 1. The number of pyridine rings is 2. The van der Waals surface area contributed by atoms with E-state index in [1.807, 2.05) is 0 Å². The Bertz CT molecular complexity index is 1640. The van der Waals surface area contributed by atoms with E-state index in [1.165, 1.54) is 60.0 Å². The highest BCUT2D eigenvalue weighted by atomic mass is 32.2. The second-order valence-corrected chi connectivity index (χ2v) is 9.97. The van der Waals surface area contributed by atoms with Gasteiger partial charge in [-0.1, -0.05) is 23.4 Å². The minimum Gasteiger partial charge on any atom is -0.494 e. The lowest BCUT2D eigenvalue weighted by molar-refractivity contribution is 0.387. The van der Waals surface area contributed by atoms with E-state index in [2.05, 4.69) is 10.2 Å². The van der Waals surface area contributed by atoms with E-state index in [4.69, 9.17) is 4.74 Å². The summed E-state index contributed by atoms with van der Waals surface area (Å²) in [6, 6.07) is 7.90. The van der Waals surface area contributed by atoms with Crippen molar-refractivity contribution in [1.82, 2.24) is 9.55 Å². The van der Waals surface area contributed by atoms with Crippen LogP contribution in [-0.2, 0) is 6.42 Å². The van der Waals surface area contributed by atoms with Gasteiger partial charge in [0.1, 0.15) is 23.1 Å². The van der Waals surface area contributed by atoms with Crippen LogP contribution in [0.5, 0.6) is 5.75 Å². The van der Waals surface area contributed by atoms with Crippen LogP contribution in [0.25, 0.3) is 11.1 Å². The molecule has 4 aromatic rings. The Hall–Kier alpha value is -3.99. The van der Waals surface area contributed by atoms with Gasteiger partial charge in [-0.05, 0) is 48.4 Å². The van der Waals surface area contributed by atoms with Gasteiger partial charge in [0.2, 0.25) is 0 Å². The number of aromatic nitrogens is 2. The molecule has 0 bridgehead atoms. The van der Waals surface area contributed by atoms with Crippen LogP contribution in [0.2, 0.25) is 0 Å². The standard InChI is InChI=1S/C28H21F4N3O3S/c1-14-16(12-17-18(29)7-4-8-19(17)30)28-35(27(36)23(14)15-6-3-10-22(38-2)24(15)32)21(13-39-28)26(34-37)25-20(31)9-5-11-33-25/h3-11,21,26H,12-13H2,1-2H3. The van der Waals surface area contributed by atoms with Crippen molar-refractivity contribution in [3.8, 4) is 16.9 Å². The van der Waals surface area contributed by atoms with Crippen molar-refractivity contribution < 1.29 is 22.3 Å². The van der Waals surface area contributed by atoms with Gasteiger partial charge in [-0.25, -0.2) is 17.6 Å². The first kappa shape index (κ1) is 26.6. The maximum absolute atomic E-state index is 15.5. The number of nitrogens with zero attached hydrogens (tertiary/aromatic N) is 3. The molecular weight excluding hydrogens is 534 g/mol. The lowest BCUT2D eigenvalue weighted by Crippen LogP contribution is -2.31. The Morgan fingerprint density at radius 1 is 1.05 bits per heavy atom. The van der Waals surface area contributed by atoms with Crippen LogP contribution in [0.3, 0.4) is 0 Å². The molecule has 2 aromatic heterocycles. The Kier molecular flexibility index (Phi) is 7.26. The molecule has 1 aliphatic heterocycles. The molecule has 11 heteroatoms. The molecule has 0 saturated heterocycles. The van der Waals surface area contributed by atoms with E-state index in [0.717, 1.165) is 18.2 Å². The van der Waals surface area contributed by atoms with Crippen molar-refractivity contribution in [2.45, 2.75) is 30.5 Å². The van der Waals surface area contributed by atoms with Crippen molar-refractivity contribution >= 4 is 11.8 Å². The van der Waals surface area contributed by atoms with Crippen molar-refractivity contribution in [3.05, 3.63) is 116 Å². The van der Waals surface area contributed by atoms with E-state index in [-0.39, 0.29) is 40.3 Å². The number of fused-ring (bicyclic) bond motifs is 1. The molecular formula is C28H21F4N3O3S. The van der Waals surface area contributed by atoms with Gasteiger partial charge in [-0.3, -0.25) is 14.3 Å². The highest BCUT2D eigenvalue weighted by Crippen LogP contribution is 2.45. The largest absolute Gasteiger partial charge is 0.494 e. The quantitative estimate of drug-likeness (QED) is 0.192. The number of thioether (sulfide) groups is 1. The SMILES string of the molecule is COc1cccc(-c2c(C)c(Cc3c(F)cccc3F)c3n(c2=O)C(C(N=O)c2ncccc2F)CS3)c1F. The number of rotatable bonds is 7. The number of hydrogen-bond donors (Lipinski definition) is 0. The van der Waals surface area contributed by atoms with Gasteiger partial charge < -0.3 is 4.74 Å². The number of benzene rings is 2. The highest BCUT2D eigenvalue weighted by Gasteiger charge is 2.39. The van der Waals surface area contributed by atoms with Gasteiger partial charge in [0.05, 0.1) is 23.7 Å². The molecule has 0 amide bonds. The summed E-state index contributed by atoms with van der Waals surface area (Å²) in [5.41, 5.74) is -0.604. The Morgan fingerprint density at radius 3 is 2.41 bits per heavy atom. The van der Waals surface area contributed by atoms with Gasteiger partial charge in [0, 0.05) is 29.5 Å². The molecule has 0 aliphatic carbocycles. The van der Waals surface area contributed by atoms with Gasteiger partial charge in [-0.2, -0.15) is 4.91 Å². The van der Waals surface area contributed by atoms with Crippen LogP contribution in [0, 0.1) is 35.1 Å². The van der Waals surface area contributed by atoms with Crippen LogP contribution in [0.4, 0.5) is 17.6 Å². The second kappa shape index (κ2) is 10.6. The fraction of sp³-hybridized carbons (Fsp3) is 0.214.